The standard InChI is InChI=1S/C40H29NO8/c1-44-25-16-35(46-3)31-20-27(39(42)48-37(31)18-25)22-10-12-33-29(14-22)30-15-23(11-13-34(30)41(33)24-8-6-5-7-9-24)28-21-32-36(47-4)17-26(45-2)19-38(32)49-40(28)43/h5-21H,1-4H3. The monoisotopic (exact) mass is 651 g/mol. The van der Waals surface area contributed by atoms with Gasteiger partial charge in [0.05, 0.1) is 61.4 Å². The Kier molecular flexibility index (Phi) is 7.10. The summed E-state index contributed by atoms with van der Waals surface area (Å²) in [5.74, 6) is 2.08. The van der Waals surface area contributed by atoms with Crippen LogP contribution >= 0.6 is 0 Å². The fourth-order valence-corrected chi connectivity index (χ4v) is 6.51. The highest BCUT2D eigenvalue weighted by Gasteiger charge is 2.19. The maximum atomic E-state index is 13.4. The van der Waals surface area contributed by atoms with Gasteiger partial charge < -0.3 is 32.3 Å². The molecule has 0 atom stereocenters. The zero-order chi connectivity index (χ0) is 33.8. The maximum Gasteiger partial charge on any atom is 0.344 e. The summed E-state index contributed by atoms with van der Waals surface area (Å²) in [5.41, 5.74) is 4.66. The minimum absolute atomic E-state index is 0.362. The van der Waals surface area contributed by atoms with Crippen molar-refractivity contribution in [1.29, 1.82) is 0 Å². The Bertz CT molecular complexity index is 2540. The second-order valence-electron chi connectivity index (χ2n) is 11.5. The number of para-hydroxylation sites is 1. The molecule has 0 saturated carbocycles. The SMILES string of the molecule is COc1cc(OC)c2cc(-c3ccc4c(c3)c3cc(-c5cc6c(OC)cc(OC)cc6oc5=O)ccc3n4-c3ccccc3)c(=O)oc2c1. The molecule has 9 nitrogen and oxygen atoms in total. The Morgan fingerprint density at radius 3 is 1.39 bits per heavy atom. The molecule has 5 aromatic carbocycles. The molecule has 0 amide bonds. The zero-order valence-electron chi connectivity index (χ0n) is 27.0. The lowest BCUT2D eigenvalue weighted by atomic mass is 10.0. The second kappa shape index (κ2) is 11.6. The number of aromatic nitrogens is 1. The minimum atomic E-state index is -0.492. The minimum Gasteiger partial charge on any atom is -0.496 e. The molecule has 9 heteroatoms. The molecule has 242 valence electrons. The van der Waals surface area contributed by atoms with Crippen LogP contribution in [-0.2, 0) is 0 Å². The van der Waals surface area contributed by atoms with Crippen molar-refractivity contribution in [2.45, 2.75) is 0 Å². The second-order valence-corrected chi connectivity index (χ2v) is 11.5. The molecule has 8 rings (SSSR count). The molecule has 49 heavy (non-hydrogen) atoms. The van der Waals surface area contributed by atoms with Gasteiger partial charge in [0.2, 0.25) is 0 Å². The van der Waals surface area contributed by atoms with Crippen molar-refractivity contribution >= 4 is 43.7 Å². The van der Waals surface area contributed by atoms with Crippen molar-refractivity contribution in [3.8, 4) is 50.9 Å². The quantitative estimate of drug-likeness (QED) is 0.159. The number of nitrogens with zero attached hydrogens (tertiary/aromatic N) is 1. The Morgan fingerprint density at radius 2 is 0.959 bits per heavy atom. The summed E-state index contributed by atoms with van der Waals surface area (Å²) >= 11 is 0. The van der Waals surface area contributed by atoms with Gasteiger partial charge in [-0.3, -0.25) is 0 Å². The first-order valence-corrected chi connectivity index (χ1v) is 15.4. The Labute approximate surface area is 279 Å². The number of hydrogen-bond donors (Lipinski definition) is 0. The van der Waals surface area contributed by atoms with Gasteiger partial charge in [0, 0.05) is 40.7 Å². The zero-order valence-corrected chi connectivity index (χ0v) is 27.0. The molecule has 3 heterocycles. The Morgan fingerprint density at radius 1 is 0.490 bits per heavy atom. The van der Waals surface area contributed by atoms with Crippen LogP contribution in [0, 0.1) is 0 Å². The predicted molar refractivity (Wildman–Crippen MR) is 190 cm³/mol. The van der Waals surface area contributed by atoms with E-state index in [9.17, 15) is 9.59 Å². The lowest BCUT2D eigenvalue weighted by Gasteiger charge is -2.10. The molecular formula is C40H29NO8. The van der Waals surface area contributed by atoms with E-state index >= 15 is 0 Å². The van der Waals surface area contributed by atoms with E-state index in [-0.39, 0.29) is 0 Å². The molecule has 0 saturated heterocycles. The van der Waals surface area contributed by atoms with Crippen LogP contribution in [-0.4, -0.2) is 33.0 Å². The smallest absolute Gasteiger partial charge is 0.344 e. The molecule has 0 N–H and O–H groups in total. The molecule has 0 aliphatic carbocycles. The van der Waals surface area contributed by atoms with E-state index in [1.54, 1.807) is 64.8 Å². The highest BCUT2D eigenvalue weighted by molar-refractivity contribution is 6.12. The van der Waals surface area contributed by atoms with Crippen LogP contribution in [0.4, 0.5) is 0 Å². The van der Waals surface area contributed by atoms with Crippen LogP contribution in [0.5, 0.6) is 23.0 Å². The molecule has 0 aliphatic heterocycles. The first-order chi connectivity index (χ1) is 23.9. The van der Waals surface area contributed by atoms with Gasteiger partial charge in [-0.2, -0.15) is 0 Å². The van der Waals surface area contributed by atoms with Gasteiger partial charge in [-0.25, -0.2) is 9.59 Å². The van der Waals surface area contributed by atoms with Gasteiger partial charge in [-0.15, -0.1) is 0 Å². The summed E-state index contributed by atoms with van der Waals surface area (Å²) in [5, 5.41) is 3.05. The molecule has 8 aromatic rings. The summed E-state index contributed by atoms with van der Waals surface area (Å²) in [6, 6.07) is 32.2. The van der Waals surface area contributed by atoms with Crippen molar-refractivity contribution in [3.05, 3.63) is 124 Å². The van der Waals surface area contributed by atoms with Crippen LogP contribution in [0.15, 0.2) is 122 Å². The third-order valence-electron chi connectivity index (χ3n) is 8.89. The largest absolute Gasteiger partial charge is 0.496 e. The average Bonchev–Trinajstić information content (AvgIpc) is 3.46. The van der Waals surface area contributed by atoms with Crippen LogP contribution in [0.25, 0.3) is 71.7 Å². The summed E-state index contributed by atoms with van der Waals surface area (Å²) in [4.78, 5) is 26.8. The third kappa shape index (κ3) is 4.86. The van der Waals surface area contributed by atoms with Crippen molar-refractivity contribution in [2.75, 3.05) is 28.4 Å². The van der Waals surface area contributed by atoms with Gasteiger partial charge in [0.15, 0.2) is 0 Å². The van der Waals surface area contributed by atoms with E-state index in [0.29, 0.717) is 67.2 Å². The van der Waals surface area contributed by atoms with Gasteiger partial charge >= 0.3 is 11.3 Å². The fourth-order valence-electron chi connectivity index (χ4n) is 6.51. The van der Waals surface area contributed by atoms with Crippen molar-refractivity contribution < 1.29 is 27.8 Å². The first-order valence-electron chi connectivity index (χ1n) is 15.4. The van der Waals surface area contributed by atoms with Crippen molar-refractivity contribution in [1.82, 2.24) is 4.57 Å². The topological polar surface area (TPSA) is 102 Å². The maximum absolute atomic E-state index is 13.4. The van der Waals surface area contributed by atoms with Crippen LogP contribution in [0.1, 0.15) is 0 Å². The molecule has 0 aliphatic rings. The summed E-state index contributed by atoms with van der Waals surface area (Å²) in [6.45, 7) is 0. The summed E-state index contributed by atoms with van der Waals surface area (Å²) in [6.07, 6.45) is 0. The molecule has 0 fully saturated rings. The number of hydrogen-bond acceptors (Lipinski definition) is 8. The molecule has 0 unspecified atom stereocenters. The molecular weight excluding hydrogens is 622 g/mol. The summed E-state index contributed by atoms with van der Waals surface area (Å²) < 4.78 is 35.6. The number of fused-ring (bicyclic) bond motifs is 5. The first kappa shape index (κ1) is 29.9. The summed E-state index contributed by atoms with van der Waals surface area (Å²) in [7, 11) is 6.20. The van der Waals surface area contributed by atoms with Gasteiger partial charge in [-0.05, 0) is 59.7 Å². The van der Waals surface area contributed by atoms with Crippen LogP contribution < -0.4 is 30.2 Å². The van der Waals surface area contributed by atoms with E-state index < -0.39 is 11.3 Å². The lowest BCUT2D eigenvalue weighted by Crippen LogP contribution is -2.03. The fraction of sp³-hybridized carbons (Fsp3) is 0.100. The number of rotatable bonds is 7. The highest BCUT2D eigenvalue weighted by Crippen LogP contribution is 2.39. The van der Waals surface area contributed by atoms with Crippen LogP contribution in [0.3, 0.4) is 0 Å². The van der Waals surface area contributed by atoms with Crippen LogP contribution in [0.2, 0.25) is 0 Å². The average molecular weight is 652 g/mol. The Hall–Kier alpha value is -6.48. The molecule has 0 radical (unpaired) electrons. The van der Waals surface area contributed by atoms with E-state index in [4.69, 9.17) is 27.8 Å². The molecule has 0 bridgehead atoms. The molecule has 0 spiro atoms. The van der Waals surface area contributed by atoms with Crippen molar-refractivity contribution in [2.24, 2.45) is 0 Å². The highest BCUT2D eigenvalue weighted by atomic mass is 16.5. The Balaban J connectivity index is 1.37. The number of benzene rings is 5. The predicted octanol–water partition coefficient (Wildman–Crippen LogP) is 8.36. The molecule has 3 aromatic heterocycles. The normalized spacial score (nSPS) is 11.4. The van der Waals surface area contributed by atoms with Gasteiger partial charge in [0.25, 0.3) is 0 Å². The van der Waals surface area contributed by atoms with E-state index in [1.165, 1.54) is 0 Å². The van der Waals surface area contributed by atoms with Gasteiger partial charge in [0.1, 0.15) is 34.2 Å². The van der Waals surface area contributed by atoms with E-state index in [0.717, 1.165) is 27.5 Å². The lowest BCUT2D eigenvalue weighted by molar-refractivity contribution is 0.395. The van der Waals surface area contributed by atoms with E-state index in [1.807, 2.05) is 66.7 Å². The number of ether oxygens (including phenoxy) is 4. The van der Waals surface area contributed by atoms with Gasteiger partial charge in [-0.1, -0.05) is 30.3 Å². The van der Waals surface area contributed by atoms with Crippen molar-refractivity contribution in [3.63, 3.8) is 0 Å². The number of methoxy groups -OCH3 is 4. The third-order valence-corrected chi connectivity index (χ3v) is 8.89. The van der Waals surface area contributed by atoms with E-state index in [2.05, 4.69) is 4.57 Å².